The van der Waals surface area contributed by atoms with E-state index in [2.05, 4.69) is 4.98 Å². The van der Waals surface area contributed by atoms with Crippen molar-refractivity contribution in [2.75, 3.05) is 0 Å². The molecule has 0 saturated heterocycles. The summed E-state index contributed by atoms with van der Waals surface area (Å²) in [4.78, 5) is 29.7. The van der Waals surface area contributed by atoms with E-state index >= 15 is 0 Å². The fourth-order valence-corrected chi connectivity index (χ4v) is 3.46. The van der Waals surface area contributed by atoms with Crippen molar-refractivity contribution in [1.82, 2.24) is 18.7 Å². The Balaban J connectivity index is 1.97. The molecule has 148 valence electrons. The number of aromatic nitrogens is 4. The maximum absolute atomic E-state index is 12.9. The Labute approximate surface area is 175 Å². The molecule has 0 aliphatic carbocycles. The van der Waals surface area contributed by atoms with Crippen LogP contribution in [0.3, 0.4) is 0 Å². The Morgan fingerprint density at radius 2 is 1.76 bits per heavy atom. The zero-order chi connectivity index (χ0) is 20.7. The van der Waals surface area contributed by atoms with Gasteiger partial charge >= 0.3 is 11.7 Å². The van der Waals surface area contributed by atoms with E-state index in [1.165, 1.54) is 11.6 Å². The summed E-state index contributed by atoms with van der Waals surface area (Å²) in [5.41, 5.74) is 0.303. The molecule has 0 atom stereocenters. The van der Waals surface area contributed by atoms with Gasteiger partial charge in [-0.3, -0.25) is 18.5 Å². The van der Waals surface area contributed by atoms with Crippen LogP contribution in [-0.4, -0.2) is 18.7 Å². The molecule has 0 N–H and O–H groups in total. The molecule has 2 aromatic heterocycles. The minimum Gasteiger partial charge on any atom is -0.425 e. The summed E-state index contributed by atoms with van der Waals surface area (Å²) < 4.78 is 9.90. The van der Waals surface area contributed by atoms with Crippen LogP contribution >= 0.6 is 23.2 Å². The van der Waals surface area contributed by atoms with Crippen molar-refractivity contribution >= 4 is 34.4 Å². The molecule has 7 nitrogen and oxygen atoms in total. The van der Waals surface area contributed by atoms with Gasteiger partial charge in [0, 0.05) is 24.1 Å². The zero-order valence-corrected chi connectivity index (χ0v) is 17.1. The summed E-state index contributed by atoms with van der Waals surface area (Å²) in [5.74, 6) is 0.454. The lowest BCUT2D eigenvalue weighted by molar-refractivity contribution is 0.421. The van der Waals surface area contributed by atoms with Crippen molar-refractivity contribution < 1.29 is 4.74 Å². The minimum absolute atomic E-state index is 0.153. The van der Waals surface area contributed by atoms with Crippen LogP contribution in [0.5, 0.6) is 11.8 Å². The third kappa shape index (κ3) is 3.43. The summed E-state index contributed by atoms with van der Waals surface area (Å²) in [6, 6.07) is 14.3. The van der Waals surface area contributed by atoms with Gasteiger partial charge in [-0.2, -0.15) is 4.98 Å². The third-order valence-electron chi connectivity index (χ3n) is 4.60. The first-order valence-corrected chi connectivity index (χ1v) is 9.45. The van der Waals surface area contributed by atoms with Crippen LogP contribution in [0.25, 0.3) is 11.2 Å². The molecule has 0 amide bonds. The molecular weight excluding hydrogens is 415 g/mol. The first-order chi connectivity index (χ1) is 13.9. The molecule has 0 radical (unpaired) electrons. The van der Waals surface area contributed by atoms with Gasteiger partial charge in [-0.25, -0.2) is 4.79 Å². The van der Waals surface area contributed by atoms with Crippen LogP contribution < -0.4 is 16.0 Å². The van der Waals surface area contributed by atoms with Crippen LogP contribution in [0, 0.1) is 0 Å². The number of aryl methyl sites for hydroxylation is 1. The van der Waals surface area contributed by atoms with Gasteiger partial charge in [-0.1, -0.05) is 47.5 Å². The molecule has 2 heterocycles. The summed E-state index contributed by atoms with van der Waals surface area (Å²) in [6.45, 7) is 0.236. The third-order valence-corrected chi connectivity index (χ3v) is 5.21. The van der Waals surface area contributed by atoms with Gasteiger partial charge in [-0.15, -0.1) is 0 Å². The van der Waals surface area contributed by atoms with Gasteiger partial charge in [0.25, 0.3) is 5.56 Å². The van der Waals surface area contributed by atoms with Gasteiger partial charge in [0.1, 0.15) is 5.75 Å². The van der Waals surface area contributed by atoms with Gasteiger partial charge in [-0.05, 0) is 29.8 Å². The predicted molar refractivity (Wildman–Crippen MR) is 112 cm³/mol. The van der Waals surface area contributed by atoms with E-state index in [-0.39, 0.29) is 23.7 Å². The van der Waals surface area contributed by atoms with E-state index in [1.54, 1.807) is 41.9 Å². The van der Waals surface area contributed by atoms with Gasteiger partial charge in [0.05, 0.1) is 6.54 Å². The topological polar surface area (TPSA) is 71.1 Å². The first kappa shape index (κ1) is 19.3. The van der Waals surface area contributed by atoms with Crippen molar-refractivity contribution in [2.24, 2.45) is 14.1 Å². The van der Waals surface area contributed by atoms with E-state index in [9.17, 15) is 9.59 Å². The molecule has 0 spiro atoms. The normalized spacial score (nSPS) is 11.2. The summed E-state index contributed by atoms with van der Waals surface area (Å²) in [7, 11) is 2.98. The largest absolute Gasteiger partial charge is 0.425 e. The molecule has 0 fully saturated rings. The van der Waals surface area contributed by atoms with E-state index in [1.807, 2.05) is 18.2 Å². The smallest absolute Gasteiger partial charge is 0.332 e. The maximum atomic E-state index is 12.9. The van der Waals surface area contributed by atoms with E-state index in [0.717, 1.165) is 10.1 Å². The van der Waals surface area contributed by atoms with Crippen molar-refractivity contribution in [3.8, 4) is 11.8 Å². The lowest BCUT2D eigenvalue weighted by Gasteiger charge is -2.11. The lowest BCUT2D eigenvalue weighted by atomic mass is 10.2. The van der Waals surface area contributed by atoms with Crippen LogP contribution in [0.1, 0.15) is 5.56 Å². The number of halogens is 2. The molecule has 0 saturated carbocycles. The summed E-state index contributed by atoms with van der Waals surface area (Å²) >= 11 is 12.4. The Morgan fingerprint density at radius 1 is 1.00 bits per heavy atom. The number of imidazole rings is 1. The summed E-state index contributed by atoms with van der Waals surface area (Å²) in [6.07, 6.45) is 0. The SMILES string of the molecule is Cn1c(=O)c2c(nc(Oc3cccc(Cl)c3)n2Cc2ccccc2Cl)n(C)c1=O. The van der Waals surface area contributed by atoms with Crippen molar-refractivity contribution in [2.45, 2.75) is 6.54 Å². The number of nitrogens with zero attached hydrogens (tertiary/aromatic N) is 4. The molecule has 0 unspecified atom stereocenters. The van der Waals surface area contributed by atoms with Crippen LogP contribution in [-0.2, 0) is 20.6 Å². The predicted octanol–water partition coefficient (Wildman–Crippen LogP) is 3.58. The molecule has 4 aromatic rings. The zero-order valence-electron chi connectivity index (χ0n) is 15.6. The van der Waals surface area contributed by atoms with E-state index in [4.69, 9.17) is 27.9 Å². The first-order valence-electron chi connectivity index (χ1n) is 8.70. The molecular formula is C20H16Cl2N4O3. The highest BCUT2D eigenvalue weighted by Crippen LogP contribution is 2.28. The van der Waals surface area contributed by atoms with Crippen molar-refractivity contribution in [1.29, 1.82) is 0 Å². The number of hydrogen-bond donors (Lipinski definition) is 0. The Bertz CT molecular complexity index is 1350. The lowest BCUT2D eigenvalue weighted by Crippen LogP contribution is -2.37. The molecule has 2 aromatic carbocycles. The van der Waals surface area contributed by atoms with Crippen molar-refractivity contribution in [3.63, 3.8) is 0 Å². The van der Waals surface area contributed by atoms with Gasteiger partial charge < -0.3 is 4.74 Å². The van der Waals surface area contributed by atoms with Crippen LogP contribution in [0.4, 0.5) is 0 Å². The second kappa shape index (κ2) is 7.42. The Kier molecular flexibility index (Phi) is 4.94. The highest BCUT2D eigenvalue weighted by Gasteiger charge is 2.21. The fourth-order valence-electron chi connectivity index (χ4n) is 3.08. The van der Waals surface area contributed by atoms with Crippen LogP contribution in [0.2, 0.25) is 10.0 Å². The second-order valence-electron chi connectivity index (χ2n) is 6.51. The monoisotopic (exact) mass is 430 g/mol. The number of fused-ring (bicyclic) bond motifs is 1. The average molecular weight is 431 g/mol. The Morgan fingerprint density at radius 3 is 2.48 bits per heavy atom. The average Bonchev–Trinajstić information content (AvgIpc) is 3.04. The van der Waals surface area contributed by atoms with E-state index < -0.39 is 11.2 Å². The molecule has 9 heteroatoms. The summed E-state index contributed by atoms with van der Waals surface area (Å²) in [5, 5.41) is 1.05. The minimum atomic E-state index is -0.473. The van der Waals surface area contributed by atoms with Crippen molar-refractivity contribution in [3.05, 3.63) is 85.0 Å². The number of ether oxygens (including phenoxy) is 1. The van der Waals surface area contributed by atoms with Crippen LogP contribution in [0.15, 0.2) is 58.1 Å². The maximum Gasteiger partial charge on any atom is 0.332 e. The van der Waals surface area contributed by atoms with Gasteiger partial charge in [0.2, 0.25) is 0 Å². The second-order valence-corrected chi connectivity index (χ2v) is 7.35. The Hall–Kier alpha value is -3.03. The quantitative estimate of drug-likeness (QED) is 0.495. The number of hydrogen-bond acceptors (Lipinski definition) is 4. The van der Waals surface area contributed by atoms with E-state index in [0.29, 0.717) is 15.8 Å². The highest BCUT2D eigenvalue weighted by molar-refractivity contribution is 6.31. The number of rotatable bonds is 4. The molecule has 29 heavy (non-hydrogen) atoms. The fraction of sp³-hybridized carbons (Fsp3) is 0.150. The molecule has 0 aliphatic rings. The molecule has 0 aliphatic heterocycles. The van der Waals surface area contributed by atoms with Gasteiger partial charge in [0.15, 0.2) is 11.2 Å². The molecule has 4 rings (SSSR count). The number of benzene rings is 2. The molecule has 0 bridgehead atoms. The highest BCUT2D eigenvalue weighted by atomic mass is 35.5. The standard InChI is InChI=1S/C20H16Cl2N4O3/c1-24-17-16(18(27)25(2)20(24)28)26(11-12-6-3-4-9-15(12)22)19(23-17)29-14-8-5-7-13(21)10-14/h3-10H,11H2,1-2H3.